The van der Waals surface area contributed by atoms with Crippen molar-refractivity contribution in [1.82, 2.24) is 5.01 Å². The van der Waals surface area contributed by atoms with E-state index in [1.165, 1.54) is 5.01 Å². The van der Waals surface area contributed by atoms with Crippen LogP contribution in [-0.2, 0) is 15.8 Å². The highest BCUT2D eigenvalue weighted by Gasteiger charge is 2.45. The van der Waals surface area contributed by atoms with Gasteiger partial charge in [-0.2, -0.15) is 18.3 Å². The first-order valence-corrected chi connectivity index (χ1v) is 9.57. The van der Waals surface area contributed by atoms with Crippen molar-refractivity contribution in [3.8, 4) is 0 Å². The van der Waals surface area contributed by atoms with Gasteiger partial charge in [0, 0.05) is 15.6 Å². The smallest absolute Gasteiger partial charge is 0.324 e. The van der Waals surface area contributed by atoms with Gasteiger partial charge in [-0.05, 0) is 59.5 Å². The minimum Gasteiger partial charge on any atom is -0.324 e. The van der Waals surface area contributed by atoms with E-state index in [0.29, 0.717) is 16.3 Å². The van der Waals surface area contributed by atoms with Gasteiger partial charge in [0.1, 0.15) is 6.54 Å². The highest BCUT2D eigenvalue weighted by molar-refractivity contribution is 6.30. The molecule has 3 rings (SSSR count). The highest BCUT2D eigenvalue weighted by atomic mass is 35.5. The van der Waals surface area contributed by atoms with Crippen LogP contribution in [0, 0.1) is 5.41 Å². The Balaban J connectivity index is 1.78. The van der Waals surface area contributed by atoms with Crippen molar-refractivity contribution in [1.29, 1.82) is 0 Å². The SMILES string of the molecule is CC1(C(=O)N=[N+]=[N-])CN(CC(=O)Nc2ccc(C(F)(F)F)cc2)N=C1c1ccc(Cl)cc1. The summed E-state index contributed by atoms with van der Waals surface area (Å²) < 4.78 is 38.0. The molecule has 2 aromatic carbocycles. The van der Waals surface area contributed by atoms with Crippen molar-refractivity contribution < 1.29 is 22.8 Å². The summed E-state index contributed by atoms with van der Waals surface area (Å²) in [6, 6.07) is 10.5. The fourth-order valence-electron chi connectivity index (χ4n) is 3.23. The van der Waals surface area contributed by atoms with Crippen molar-refractivity contribution >= 4 is 34.8 Å². The minimum absolute atomic E-state index is 0.0384. The second-order valence-electron chi connectivity index (χ2n) is 7.23. The van der Waals surface area contributed by atoms with E-state index in [2.05, 4.69) is 20.4 Å². The monoisotopic (exact) mass is 464 g/mol. The lowest BCUT2D eigenvalue weighted by atomic mass is 9.81. The summed E-state index contributed by atoms with van der Waals surface area (Å²) in [5.41, 5.74) is 7.57. The topological polar surface area (TPSA) is 111 Å². The van der Waals surface area contributed by atoms with Gasteiger partial charge in [-0.1, -0.05) is 23.7 Å². The summed E-state index contributed by atoms with van der Waals surface area (Å²) in [7, 11) is 0. The van der Waals surface area contributed by atoms with Crippen LogP contribution in [0.25, 0.3) is 10.4 Å². The van der Waals surface area contributed by atoms with Crippen molar-refractivity contribution in [2.75, 3.05) is 18.4 Å². The van der Waals surface area contributed by atoms with E-state index in [1.807, 2.05) is 0 Å². The molecule has 0 bridgehead atoms. The summed E-state index contributed by atoms with van der Waals surface area (Å²) in [5, 5.41) is 11.9. The van der Waals surface area contributed by atoms with Crippen LogP contribution >= 0.6 is 11.6 Å². The zero-order chi connectivity index (χ0) is 23.5. The number of hydrogen-bond acceptors (Lipinski definition) is 4. The Kier molecular flexibility index (Phi) is 6.42. The van der Waals surface area contributed by atoms with Gasteiger partial charge >= 0.3 is 6.18 Å². The zero-order valence-electron chi connectivity index (χ0n) is 16.6. The summed E-state index contributed by atoms with van der Waals surface area (Å²) >= 11 is 5.91. The molecule has 0 aliphatic carbocycles. The molecule has 0 aromatic heterocycles. The molecule has 1 atom stereocenters. The van der Waals surface area contributed by atoms with E-state index in [-0.39, 0.29) is 18.8 Å². The third-order valence-corrected chi connectivity index (χ3v) is 5.06. The summed E-state index contributed by atoms with van der Waals surface area (Å²) in [6.45, 7) is 1.23. The van der Waals surface area contributed by atoms with E-state index in [1.54, 1.807) is 31.2 Å². The average molecular weight is 465 g/mol. The first-order valence-electron chi connectivity index (χ1n) is 9.19. The lowest BCUT2D eigenvalue weighted by Crippen LogP contribution is -2.39. The zero-order valence-corrected chi connectivity index (χ0v) is 17.4. The third kappa shape index (κ3) is 5.01. The number of rotatable bonds is 5. The van der Waals surface area contributed by atoms with Gasteiger partial charge in [-0.25, -0.2) is 0 Å². The number of anilines is 1. The number of halogens is 4. The molecule has 1 aliphatic rings. The molecule has 8 nitrogen and oxygen atoms in total. The molecule has 2 aromatic rings. The van der Waals surface area contributed by atoms with E-state index < -0.39 is 29.0 Å². The molecule has 0 saturated heterocycles. The van der Waals surface area contributed by atoms with Gasteiger partial charge in [0.25, 0.3) is 0 Å². The molecule has 1 N–H and O–H groups in total. The molecule has 2 amide bonds. The second kappa shape index (κ2) is 8.89. The molecule has 0 radical (unpaired) electrons. The third-order valence-electron chi connectivity index (χ3n) is 4.81. The average Bonchev–Trinajstić information content (AvgIpc) is 3.05. The molecule has 0 fully saturated rings. The number of hydrazone groups is 1. The Morgan fingerprint density at radius 1 is 1.22 bits per heavy atom. The maximum atomic E-state index is 12.7. The van der Waals surface area contributed by atoms with Crippen LogP contribution < -0.4 is 5.32 Å². The van der Waals surface area contributed by atoms with Crippen LogP contribution in [0.1, 0.15) is 18.1 Å². The maximum absolute atomic E-state index is 12.7. The van der Waals surface area contributed by atoms with Crippen LogP contribution in [0.4, 0.5) is 18.9 Å². The number of hydrogen-bond donors (Lipinski definition) is 1. The number of alkyl halides is 3. The largest absolute Gasteiger partial charge is 0.416 e. The second-order valence-corrected chi connectivity index (χ2v) is 7.66. The normalized spacial score (nSPS) is 18.0. The van der Waals surface area contributed by atoms with E-state index in [9.17, 15) is 22.8 Å². The lowest BCUT2D eigenvalue weighted by Gasteiger charge is -2.23. The van der Waals surface area contributed by atoms with Crippen LogP contribution in [0.5, 0.6) is 0 Å². The maximum Gasteiger partial charge on any atom is 0.416 e. The fourth-order valence-corrected chi connectivity index (χ4v) is 3.36. The Hall–Kier alpha value is -3.56. The Bertz CT molecular complexity index is 1110. The molecule has 0 saturated carbocycles. The van der Waals surface area contributed by atoms with Crippen molar-refractivity contribution in [2.24, 2.45) is 15.6 Å². The summed E-state index contributed by atoms with van der Waals surface area (Å²) in [6.07, 6.45) is -4.48. The predicted molar refractivity (Wildman–Crippen MR) is 112 cm³/mol. The Labute approximate surface area is 185 Å². The van der Waals surface area contributed by atoms with Gasteiger partial charge in [-0.3, -0.25) is 14.6 Å². The number of amides is 2. The van der Waals surface area contributed by atoms with Crippen LogP contribution in [0.2, 0.25) is 5.02 Å². The molecule has 1 heterocycles. The molecule has 1 unspecified atom stereocenters. The van der Waals surface area contributed by atoms with Crippen LogP contribution in [0.15, 0.2) is 58.7 Å². The quantitative estimate of drug-likeness (QED) is 0.387. The highest BCUT2D eigenvalue weighted by Crippen LogP contribution is 2.33. The summed E-state index contributed by atoms with van der Waals surface area (Å²) in [4.78, 5) is 27.5. The molecular weight excluding hydrogens is 449 g/mol. The number of carbonyl (C=O) groups excluding carboxylic acids is 2. The van der Waals surface area contributed by atoms with E-state index >= 15 is 0 Å². The molecule has 166 valence electrons. The van der Waals surface area contributed by atoms with Gasteiger partial charge in [0.2, 0.25) is 11.8 Å². The minimum atomic E-state index is -4.48. The Morgan fingerprint density at radius 2 is 1.84 bits per heavy atom. The number of nitrogens with one attached hydrogen (secondary N) is 1. The molecule has 1 aliphatic heterocycles. The van der Waals surface area contributed by atoms with E-state index in [4.69, 9.17) is 17.1 Å². The number of azide groups is 1. The van der Waals surface area contributed by atoms with Gasteiger partial charge in [0.05, 0.1) is 23.2 Å². The van der Waals surface area contributed by atoms with Gasteiger partial charge in [0.15, 0.2) is 0 Å². The first kappa shape index (κ1) is 23.1. The number of carbonyl (C=O) groups is 2. The first-order chi connectivity index (χ1) is 15.0. The standard InChI is InChI=1S/C20H16ClF3N6O2/c1-19(18(32)27-29-25)11-30(28-17(19)12-2-6-14(21)7-3-12)10-16(31)26-15-8-4-13(5-9-15)20(22,23)24/h2-9H,10-11H2,1H3,(H,26,31). The van der Waals surface area contributed by atoms with Crippen molar-refractivity contribution in [3.05, 3.63) is 75.1 Å². The van der Waals surface area contributed by atoms with Crippen molar-refractivity contribution in [3.63, 3.8) is 0 Å². The predicted octanol–water partition coefficient (Wildman–Crippen LogP) is 4.86. The lowest BCUT2D eigenvalue weighted by molar-refractivity contribution is -0.137. The van der Waals surface area contributed by atoms with Crippen molar-refractivity contribution in [2.45, 2.75) is 13.1 Å². The molecule has 32 heavy (non-hydrogen) atoms. The van der Waals surface area contributed by atoms with Gasteiger partial charge < -0.3 is 5.32 Å². The van der Waals surface area contributed by atoms with Gasteiger partial charge in [-0.15, -0.1) is 0 Å². The van der Waals surface area contributed by atoms with Crippen LogP contribution in [0.3, 0.4) is 0 Å². The van der Waals surface area contributed by atoms with E-state index in [0.717, 1.165) is 24.3 Å². The van der Waals surface area contributed by atoms with Crippen LogP contribution in [-0.4, -0.2) is 35.6 Å². The fraction of sp³-hybridized carbons (Fsp3) is 0.250. The summed E-state index contributed by atoms with van der Waals surface area (Å²) in [5.74, 6) is -1.32. The number of benzene rings is 2. The Morgan fingerprint density at radius 3 is 2.41 bits per heavy atom. The molecular formula is C20H16ClF3N6O2. The molecule has 12 heteroatoms. The molecule has 0 spiro atoms. The number of nitrogens with zero attached hydrogens (tertiary/aromatic N) is 5.